The molecule has 0 radical (unpaired) electrons. The Bertz CT molecular complexity index is 1000. The minimum Gasteiger partial charge on any atom is -0.334 e. The fourth-order valence-electron chi connectivity index (χ4n) is 2.72. The van der Waals surface area contributed by atoms with Crippen LogP contribution < -0.4 is 0 Å². The Balaban J connectivity index is 1.70. The summed E-state index contributed by atoms with van der Waals surface area (Å²) in [7, 11) is 0. The topological polar surface area (TPSA) is 69.6 Å². The second-order valence-electron chi connectivity index (χ2n) is 5.81. The van der Waals surface area contributed by atoms with E-state index in [9.17, 15) is 0 Å². The molecule has 0 amide bonds. The summed E-state index contributed by atoms with van der Waals surface area (Å²) in [4.78, 5) is 4.51. The predicted molar refractivity (Wildman–Crippen MR) is 91.3 cm³/mol. The molecule has 4 rings (SSSR count). The van der Waals surface area contributed by atoms with E-state index in [0.29, 0.717) is 11.7 Å². The van der Waals surface area contributed by atoms with E-state index >= 15 is 0 Å². The van der Waals surface area contributed by atoms with Gasteiger partial charge in [-0.15, -0.1) is 5.10 Å². The number of aryl methyl sites for hydroxylation is 2. The van der Waals surface area contributed by atoms with Gasteiger partial charge < -0.3 is 4.52 Å². The van der Waals surface area contributed by atoms with Gasteiger partial charge in [0.2, 0.25) is 5.82 Å². The lowest BCUT2D eigenvalue weighted by molar-refractivity contribution is 0.432. The fraction of sp³-hybridized carbons (Fsp3) is 0.222. The molecule has 24 heavy (non-hydrogen) atoms. The van der Waals surface area contributed by atoms with Crippen LogP contribution in [-0.4, -0.2) is 25.1 Å². The van der Waals surface area contributed by atoms with E-state index in [2.05, 4.69) is 27.4 Å². The Morgan fingerprint density at radius 3 is 2.83 bits per heavy atom. The van der Waals surface area contributed by atoms with Crippen LogP contribution in [0.1, 0.15) is 18.9 Å². The van der Waals surface area contributed by atoms with Crippen molar-refractivity contribution >= 4 is 11.0 Å². The van der Waals surface area contributed by atoms with Crippen molar-refractivity contribution in [3.63, 3.8) is 0 Å². The van der Waals surface area contributed by atoms with Crippen molar-refractivity contribution in [2.24, 2.45) is 0 Å². The highest BCUT2D eigenvalue weighted by atomic mass is 16.5. The van der Waals surface area contributed by atoms with Gasteiger partial charge in [0.1, 0.15) is 5.52 Å². The minimum absolute atomic E-state index is 0.485. The van der Waals surface area contributed by atoms with Crippen LogP contribution in [0.3, 0.4) is 0 Å². The third kappa shape index (κ3) is 2.56. The first-order valence-corrected chi connectivity index (χ1v) is 7.99. The summed E-state index contributed by atoms with van der Waals surface area (Å²) in [6, 6.07) is 13.9. The van der Waals surface area contributed by atoms with Crippen molar-refractivity contribution in [3.8, 4) is 22.8 Å². The average molecular weight is 319 g/mol. The molecule has 0 saturated heterocycles. The molecule has 6 heteroatoms. The maximum absolute atomic E-state index is 5.43. The number of nitrogens with zero attached hydrogens (tertiary/aromatic N) is 5. The highest BCUT2D eigenvalue weighted by Crippen LogP contribution is 2.25. The zero-order valence-electron chi connectivity index (χ0n) is 13.6. The fourth-order valence-corrected chi connectivity index (χ4v) is 2.72. The van der Waals surface area contributed by atoms with Gasteiger partial charge in [-0.05, 0) is 37.6 Å². The molecule has 0 saturated carbocycles. The van der Waals surface area contributed by atoms with Crippen LogP contribution in [0, 0.1) is 6.92 Å². The van der Waals surface area contributed by atoms with Gasteiger partial charge in [0, 0.05) is 17.7 Å². The number of hydrogen-bond acceptors (Lipinski definition) is 5. The van der Waals surface area contributed by atoms with Crippen molar-refractivity contribution < 1.29 is 4.52 Å². The van der Waals surface area contributed by atoms with Gasteiger partial charge in [0.15, 0.2) is 0 Å². The molecule has 6 nitrogen and oxygen atoms in total. The van der Waals surface area contributed by atoms with Gasteiger partial charge in [-0.2, -0.15) is 4.98 Å². The molecule has 0 bridgehead atoms. The molecule has 0 aliphatic rings. The first kappa shape index (κ1) is 14.6. The smallest absolute Gasteiger partial charge is 0.258 e. The summed E-state index contributed by atoms with van der Waals surface area (Å²) >= 11 is 0. The van der Waals surface area contributed by atoms with Crippen LogP contribution in [-0.2, 0) is 6.54 Å². The van der Waals surface area contributed by atoms with Gasteiger partial charge >= 0.3 is 0 Å². The van der Waals surface area contributed by atoms with E-state index < -0.39 is 0 Å². The van der Waals surface area contributed by atoms with Crippen LogP contribution in [0.15, 0.2) is 47.0 Å². The van der Waals surface area contributed by atoms with Crippen LogP contribution >= 0.6 is 0 Å². The Kier molecular flexibility index (Phi) is 3.57. The van der Waals surface area contributed by atoms with Crippen molar-refractivity contribution in [2.45, 2.75) is 26.8 Å². The van der Waals surface area contributed by atoms with E-state index in [1.165, 1.54) is 0 Å². The zero-order valence-corrected chi connectivity index (χ0v) is 13.6. The molecule has 4 aromatic rings. The predicted octanol–water partition coefficient (Wildman–Crippen LogP) is 3.87. The molecule has 0 aliphatic carbocycles. The minimum atomic E-state index is 0.485. The lowest BCUT2D eigenvalue weighted by Gasteiger charge is -1.99. The maximum Gasteiger partial charge on any atom is 0.258 e. The van der Waals surface area contributed by atoms with E-state index in [4.69, 9.17) is 4.52 Å². The maximum atomic E-state index is 5.43. The van der Waals surface area contributed by atoms with Crippen molar-refractivity contribution in [1.82, 2.24) is 25.1 Å². The summed E-state index contributed by atoms with van der Waals surface area (Å²) < 4.78 is 7.34. The zero-order chi connectivity index (χ0) is 16.5. The van der Waals surface area contributed by atoms with Crippen LogP contribution in [0.25, 0.3) is 33.9 Å². The summed E-state index contributed by atoms with van der Waals surface area (Å²) in [5, 5.41) is 12.5. The van der Waals surface area contributed by atoms with Crippen LogP contribution in [0.5, 0.6) is 0 Å². The van der Waals surface area contributed by atoms with E-state index in [1.54, 1.807) is 0 Å². The van der Waals surface area contributed by atoms with Gasteiger partial charge in [0.25, 0.3) is 5.89 Å². The van der Waals surface area contributed by atoms with Crippen molar-refractivity contribution in [3.05, 3.63) is 48.0 Å². The Morgan fingerprint density at radius 1 is 1.08 bits per heavy atom. The van der Waals surface area contributed by atoms with Crippen LogP contribution in [0.2, 0.25) is 0 Å². The molecule has 2 heterocycles. The second-order valence-corrected chi connectivity index (χ2v) is 5.81. The monoisotopic (exact) mass is 319 g/mol. The molecule has 0 N–H and O–H groups in total. The Morgan fingerprint density at radius 2 is 2.00 bits per heavy atom. The molecule has 2 aromatic carbocycles. The number of aromatic nitrogens is 5. The number of rotatable bonds is 4. The lowest BCUT2D eigenvalue weighted by Crippen LogP contribution is -1.98. The molecule has 0 aliphatic heterocycles. The average Bonchev–Trinajstić information content (AvgIpc) is 3.22. The first-order chi connectivity index (χ1) is 11.7. The highest BCUT2D eigenvalue weighted by molar-refractivity contribution is 5.79. The van der Waals surface area contributed by atoms with E-state index in [-0.39, 0.29) is 0 Å². The standard InChI is InChI=1S/C18H17N5O/c1-3-9-23-16-8-7-14(11-15(16)20-22-23)18-19-17(21-24-18)13-6-4-5-12(2)10-13/h4-8,10-11H,3,9H2,1-2H3. The second kappa shape index (κ2) is 5.88. The molecule has 0 fully saturated rings. The molecule has 0 spiro atoms. The summed E-state index contributed by atoms with van der Waals surface area (Å²) in [6.45, 7) is 5.01. The molecule has 0 unspecified atom stereocenters. The SMILES string of the molecule is CCCn1nnc2cc(-c3nc(-c4cccc(C)c4)no3)ccc21. The van der Waals surface area contributed by atoms with Crippen LogP contribution in [0.4, 0.5) is 0 Å². The van der Waals surface area contributed by atoms with Gasteiger partial charge in [0.05, 0.1) is 5.52 Å². The quantitative estimate of drug-likeness (QED) is 0.571. The Hall–Kier alpha value is -3.02. The summed E-state index contributed by atoms with van der Waals surface area (Å²) in [5.74, 6) is 1.07. The van der Waals surface area contributed by atoms with Crippen molar-refractivity contribution in [1.29, 1.82) is 0 Å². The van der Waals surface area contributed by atoms with E-state index in [1.807, 2.05) is 54.1 Å². The normalized spacial score (nSPS) is 11.2. The number of fused-ring (bicyclic) bond motifs is 1. The summed E-state index contributed by atoms with van der Waals surface area (Å²) in [5.41, 5.74) is 4.79. The Labute approximate surface area is 139 Å². The third-order valence-electron chi connectivity index (χ3n) is 3.90. The molecular formula is C18H17N5O. The van der Waals surface area contributed by atoms with Gasteiger partial charge in [-0.3, -0.25) is 0 Å². The molecule has 0 atom stereocenters. The largest absolute Gasteiger partial charge is 0.334 e. The van der Waals surface area contributed by atoms with Gasteiger partial charge in [-0.25, -0.2) is 4.68 Å². The summed E-state index contributed by atoms with van der Waals surface area (Å²) in [6.07, 6.45) is 1.02. The lowest BCUT2D eigenvalue weighted by atomic mass is 10.1. The molecular weight excluding hydrogens is 302 g/mol. The van der Waals surface area contributed by atoms with Crippen molar-refractivity contribution in [2.75, 3.05) is 0 Å². The molecule has 2 aromatic heterocycles. The highest BCUT2D eigenvalue weighted by Gasteiger charge is 2.13. The van der Waals surface area contributed by atoms with E-state index in [0.717, 1.165) is 40.7 Å². The number of hydrogen-bond donors (Lipinski definition) is 0. The molecule has 120 valence electrons. The first-order valence-electron chi connectivity index (χ1n) is 7.99. The third-order valence-corrected chi connectivity index (χ3v) is 3.90. The van der Waals surface area contributed by atoms with Gasteiger partial charge in [-0.1, -0.05) is 41.1 Å². The number of benzene rings is 2.